The van der Waals surface area contributed by atoms with E-state index >= 15 is 0 Å². The van der Waals surface area contributed by atoms with Gasteiger partial charge in [0.2, 0.25) is 0 Å². The Morgan fingerprint density at radius 2 is 1.21 bits per heavy atom. The molecule has 0 saturated heterocycles. The summed E-state index contributed by atoms with van der Waals surface area (Å²) in [6, 6.07) is 51.0. The number of para-hydroxylation sites is 2. The van der Waals surface area contributed by atoms with E-state index in [4.69, 9.17) is 4.42 Å². The second-order valence-electron chi connectivity index (χ2n) is 13.9. The molecule has 226 valence electrons. The number of nitrogens with zero attached hydrogens (tertiary/aromatic N) is 1. The van der Waals surface area contributed by atoms with Crippen molar-refractivity contribution in [1.82, 2.24) is 9.55 Å². The number of aromatic amines is 1. The van der Waals surface area contributed by atoms with Crippen molar-refractivity contribution < 1.29 is 4.42 Å². The molecule has 3 aromatic heterocycles. The summed E-state index contributed by atoms with van der Waals surface area (Å²) < 4.78 is 8.72. The lowest BCUT2D eigenvalue weighted by molar-refractivity contribution is 0.661. The molecular weight excluding hydrogens is 585 g/mol. The van der Waals surface area contributed by atoms with E-state index in [-0.39, 0.29) is 5.41 Å². The van der Waals surface area contributed by atoms with Gasteiger partial charge >= 0.3 is 0 Å². The molecule has 11 rings (SSSR count). The minimum Gasteiger partial charge on any atom is -0.456 e. The molecule has 0 amide bonds. The van der Waals surface area contributed by atoms with Crippen LogP contribution < -0.4 is 0 Å². The van der Waals surface area contributed by atoms with Gasteiger partial charge in [0.15, 0.2) is 0 Å². The Labute approximate surface area is 276 Å². The number of fused-ring (bicyclic) bond motifs is 12. The van der Waals surface area contributed by atoms with Crippen LogP contribution in [0.2, 0.25) is 0 Å². The second-order valence-corrected chi connectivity index (χ2v) is 13.9. The van der Waals surface area contributed by atoms with Crippen LogP contribution >= 0.6 is 0 Å². The van der Waals surface area contributed by atoms with E-state index in [0.717, 1.165) is 33.1 Å². The van der Waals surface area contributed by atoms with E-state index in [1.54, 1.807) is 0 Å². The van der Waals surface area contributed by atoms with Crippen LogP contribution in [0.25, 0.3) is 93.5 Å². The Balaban J connectivity index is 1.14. The standard InChI is InChI=1S/C45H30N2O/c1-45(2)37-14-8-6-12-29(37)31-22-33-32-20-26(16-18-39(32)46-40(33)24-38(31)45)27-17-19-41-34(21-27)35-23-36-30-13-7-9-15-43(30)48-44(36)25-42(35)47(41)28-10-4-3-5-11-28/h3-25,46H,1-2H3. The summed E-state index contributed by atoms with van der Waals surface area (Å²) in [6.07, 6.45) is 0. The van der Waals surface area contributed by atoms with Crippen LogP contribution in [-0.4, -0.2) is 9.55 Å². The quantitative estimate of drug-likeness (QED) is 0.206. The first kappa shape index (κ1) is 26.1. The number of hydrogen-bond donors (Lipinski definition) is 1. The highest BCUT2D eigenvalue weighted by Crippen LogP contribution is 2.50. The van der Waals surface area contributed by atoms with Gasteiger partial charge in [-0.3, -0.25) is 0 Å². The zero-order valence-electron chi connectivity index (χ0n) is 26.6. The lowest BCUT2D eigenvalue weighted by Gasteiger charge is -2.21. The number of H-pyrrole nitrogens is 1. The summed E-state index contributed by atoms with van der Waals surface area (Å²) in [5.74, 6) is 0. The van der Waals surface area contributed by atoms with Crippen molar-refractivity contribution in [2.24, 2.45) is 0 Å². The molecule has 0 saturated carbocycles. The van der Waals surface area contributed by atoms with Crippen LogP contribution in [0.1, 0.15) is 25.0 Å². The first-order chi connectivity index (χ1) is 23.5. The fourth-order valence-corrected chi connectivity index (χ4v) is 8.55. The highest BCUT2D eigenvalue weighted by molar-refractivity contribution is 6.18. The van der Waals surface area contributed by atoms with Crippen molar-refractivity contribution in [3.05, 3.63) is 151 Å². The Kier molecular flexibility index (Phi) is 4.91. The summed E-state index contributed by atoms with van der Waals surface area (Å²) in [7, 11) is 0. The van der Waals surface area contributed by atoms with Gasteiger partial charge in [-0.1, -0.05) is 86.6 Å². The minimum absolute atomic E-state index is 0.0226. The Morgan fingerprint density at radius 3 is 2.10 bits per heavy atom. The van der Waals surface area contributed by atoms with E-state index in [2.05, 4.69) is 157 Å². The summed E-state index contributed by atoms with van der Waals surface area (Å²) in [6.45, 7) is 4.68. The molecule has 0 unspecified atom stereocenters. The molecule has 0 spiro atoms. The number of nitrogens with one attached hydrogen (secondary N) is 1. The zero-order valence-corrected chi connectivity index (χ0v) is 26.6. The van der Waals surface area contributed by atoms with Crippen LogP contribution in [0.4, 0.5) is 0 Å². The van der Waals surface area contributed by atoms with E-state index in [1.165, 1.54) is 71.5 Å². The Hall–Kier alpha value is -6.06. The van der Waals surface area contributed by atoms with Gasteiger partial charge in [-0.15, -0.1) is 0 Å². The van der Waals surface area contributed by atoms with Crippen molar-refractivity contribution in [3.63, 3.8) is 0 Å². The van der Waals surface area contributed by atoms with E-state index in [0.29, 0.717) is 0 Å². The fourth-order valence-electron chi connectivity index (χ4n) is 8.55. The maximum absolute atomic E-state index is 6.35. The molecule has 3 heterocycles. The third-order valence-electron chi connectivity index (χ3n) is 10.9. The van der Waals surface area contributed by atoms with Gasteiger partial charge in [-0.25, -0.2) is 0 Å². The summed E-state index contributed by atoms with van der Waals surface area (Å²) >= 11 is 0. The molecule has 1 aliphatic rings. The van der Waals surface area contributed by atoms with Crippen molar-refractivity contribution in [1.29, 1.82) is 0 Å². The maximum Gasteiger partial charge on any atom is 0.137 e. The molecule has 48 heavy (non-hydrogen) atoms. The average molecular weight is 615 g/mol. The number of rotatable bonds is 2. The highest BCUT2D eigenvalue weighted by Gasteiger charge is 2.35. The fraction of sp³-hybridized carbons (Fsp3) is 0.0667. The number of aromatic nitrogens is 2. The van der Waals surface area contributed by atoms with Gasteiger partial charge in [0.25, 0.3) is 0 Å². The maximum atomic E-state index is 6.35. The lowest BCUT2D eigenvalue weighted by Crippen LogP contribution is -2.14. The smallest absolute Gasteiger partial charge is 0.137 e. The average Bonchev–Trinajstić information content (AvgIpc) is 3.83. The molecule has 0 radical (unpaired) electrons. The van der Waals surface area contributed by atoms with E-state index < -0.39 is 0 Å². The predicted molar refractivity (Wildman–Crippen MR) is 200 cm³/mol. The molecule has 0 atom stereocenters. The van der Waals surface area contributed by atoms with Crippen LogP contribution in [0.5, 0.6) is 0 Å². The van der Waals surface area contributed by atoms with Crippen molar-refractivity contribution in [2.45, 2.75) is 19.3 Å². The molecule has 10 aromatic rings. The van der Waals surface area contributed by atoms with Gasteiger partial charge in [-0.2, -0.15) is 0 Å². The van der Waals surface area contributed by atoms with Crippen molar-refractivity contribution >= 4 is 65.6 Å². The lowest BCUT2D eigenvalue weighted by atomic mass is 9.82. The monoisotopic (exact) mass is 614 g/mol. The Bertz CT molecular complexity index is 2970. The zero-order chi connectivity index (χ0) is 31.7. The Morgan fingerprint density at radius 1 is 0.479 bits per heavy atom. The number of benzene rings is 7. The molecule has 1 N–H and O–H groups in total. The largest absolute Gasteiger partial charge is 0.456 e. The van der Waals surface area contributed by atoms with Gasteiger partial charge in [-0.05, 0) is 94.0 Å². The van der Waals surface area contributed by atoms with Gasteiger partial charge < -0.3 is 14.0 Å². The summed E-state index contributed by atoms with van der Waals surface area (Å²) in [5, 5.41) is 7.27. The van der Waals surface area contributed by atoms with Gasteiger partial charge in [0, 0.05) is 60.5 Å². The summed E-state index contributed by atoms with van der Waals surface area (Å²) in [4.78, 5) is 3.74. The molecule has 0 bridgehead atoms. The topological polar surface area (TPSA) is 33.9 Å². The molecule has 3 heteroatoms. The molecule has 3 nitrogen and oxygen atoms in total. The molecular formula is C45H30N2O. The predicted octanol–water partition coefficient (Wildman–Crippen LogP) is 12.3. The minimum atomic E-state index is -0.0226. The SMILES string of the molecule is CC1(C)c2ccccc2-c2cc3c(cc21)[nH]c1ccc(-c2ccc4c(c2)c2cc5c(cc2n4-c2ccccc2)oc2ccccc25)cc13. The third-order valence-corrected chi connectivity index (χ3v) is 10.9. The van der Waals surface area contributed by atoms with Crippen LogP contribution in [0.3, 0.4) is 0 Å². The first-order valence-electron chi connectivity index (χ1n) is 16.7. The number of furan rings is 1. The van der Waals surface area contributed by atoms with Crippen molar-refractivity contribution in [3.8, 4) is 27.9 Å². The van der Waals surface area contributed by atoms with E-state index in [9.17, 15) is 0 Å². The van der Waals surface area contributed by atoms with E-state index in [1.807, 2.05) is 6.07 Å². The molecule has 7 aromatic carbocycles. The molecule has 1 aliphatic carbocycles. The van der Waals surface area contributed by atoms with Crippen LogP contribution in [-0.2, 0) is 5.41 Å². The van der Waals surface area contributed by atoms with Gasteiger partial charge in [0.1, 0.15) is 11.2 Å². The highest BCUT2D eigenvalue weighted by atomic mass is 16.3. The number of hydrogen-bond acceptors (Lipinski definition) is 1. The summed E-state index contributed by atoms with van der Waals surface area (Å²) in [5.41, 5.74) is 15.5. The first-order valence-corrected chi connectivity index (χ1v) is 16.7. The second kappa shape index (κ2) is 9.05. The van der Waals surface area contributed by atoms with Crippen LogP contribution in [0.15, 0.2) is 144 Å². The van der Waals surface area contributed by atoms with Gasteiger partial charge in [0.05, 0.1) is 11.0 Å². The van der Waals surface area contributed by atoms with Crippen molar-refractivity contribution in [2.75, 3.05) is 0 Å². The molecule has 0 aliphatic heterocycles. The molecule has 0 fully saturated rings. The normalized spacial score (nSPS) is 13.8. The van der Waals surface area contributed by atoms with Crippen LogP contribution in [0, 0.1) is 0 Å². The third kappa shape index (κ3) is 3.38.